The molecule has 0 rings (SSSR count). The van der Waals surface area contributed by atoms with Crippen molar-refractivity contribution in [3.8, 4) is 0 Å². The molecule has 0 atom stereocenters. The van der Waals surface area contributed by atoms with Gasteiger partial charge in [-0.1, -0.05) is 0 Å². The van der Waals surface area contributed by atoms with Crippen molar-refractivity contribution in [2.75, 3.05) is 0 Å². The largest absolute Gasteiger partial charge is 0.471 e. The van der Waals surface area contributed by atoms with Crippen LogP contribution >= 0.6 is 0 Å². The van der Waals surface area contributed by atoms with Crippen molar-refractivity contribution in [2.24, 2.45) is 0 Å². The Morgan fingerprint density at radius 2 is 1.50 bits per heavy atom. The number of hydrogen-bond acceptors (Lipinski definition) is 3. The van der Waals surface area contributed by atoms with Crippen LogP contribution in [0.1, 0.15) is 0 Å². The van der Waals surface area contributed by atoms with Crippen molar-refractivity contribution in [1.29, 1.82) is 0 Å². The molecule has 0 spiro atoms. The smallest absolute Gasteiger partial charge is 0.396 e. The molecule has 0 aliphatic carbocycles. The Balaban J connectivity index is 5.04. The van der Waals surface area contributed by atoms with Gasteiger partial charge in [-0.25, -0.2) is 0 Å². The summed E-state index contributed by atoms with van der Waals surface area (Å²) in [5, 5.41) is -3.10. The van der Waals surface area contributed by atoms with Gasteiger partial charge in [-0.05, 0) is 0 Å². The first-order chi connectivity index (χ1) is 6.18. The lowest BCUT2D eigenvalue weighted by Gasteiger charge is -2.10. The highest BCUT2D eigenvalue weighted by Crippen LogP contribution is 2.24. The van der Waals surface area contributed by atoms with E-state index in [-0.39, 0.29) is 0 Å². The second-order valence-electron chi connectivity index (χ2n) is 1.66. The first-order valence-electron chi connectivity index (χ1n) is 2.58. The standard InChI is InChI=1S/C4F6O3S/c5-1(6)2(7)13-4(9,10)3(8)14(11)12. The van der Waals surface area contributed by atoms with Gasteiger partial charge in [-0.3, -0.25) is 0 Å². The lowest BCUT2D eigenvalue weighted by Crippen LogP contribution is -2.28. The number of rotatable bonds is 3. The van der Waals surface area contributed by atoms with Gasteiger partial charge >= 0.3 is 23.3 Å². The van der Waals surface area contributed by atoms with Crippen LogP contribution in [0.5, 0.6) is 0 Å². The molecule has 0 aliphatic rings. The molecule has 0 aromatic carbocycles. The molecule has 0 N–H and O–H groups in total. The fourth-order valence-corrected chi connectivity index (χ4v) is 0.524. The summed E-state index contributed by atoms with van der Waals surface area (Å²) in [6, 6.07) is -3.06. The van der Waals surface area contributed by atoms with Crippen LogP contribution in [0.25, 0.3) is 0 Å². The van der Waals surface area contributed by atoms with E-state index in [2.05, 4.69) is 4.74 Å². The summed E-state index contributed by atoms with van der Waals surface area (Å²) in [5.74, 6) is 0. The second-order valence-corrected chi connectivity index (χ2v) is 2.49. The van der Waals surface area contributed by atoms with E-state index >= 15 is 0 Å². The van der Waals surface area contributed by atoms with Gasteiger partial charge in [0.05, 0.1) is 0 Å². The molecule has 0 fully saturated rings. The maximum Gasteiger partial charge on any atom is 0.471 e. The van der Waals surface area contributed by atoms with Gasteiger partial charge in [-0.2, -0.15) is 34.8 Å². The minimum Gasteiger partial charge on any atom is -0.396 e. The minimum atomic E-state index is -5.29. The Morgan fingerprint density at radius 3 is 1.79 bits per heavy atom. The Hall–Kier alpha value is -1.19. The molecule has 14 heavy (non-hydrogen) atoms. The van der Waals surface area contributed by atoms with Gasteiger partial charge < -0.3 is 4.74 Å². The van der Waals surface area contributed by atoms with Crippen LogP contribution in [0.15, 0.2) is 12.1 Å². The van der Waals surface area contributed by atoms with Gasteiger partial charge in [0.25, 0.3) is 10.3 Å². The van der Waals surface area contributed by atoms with Crippen LogP contribution in [0, 0.1) is 0 Å². The number of hydrogen-bond donors (Lipinski definition) is 0. The van der Waals surface area contributed by atoms with Crippen LogP contribution in [-0.4, -0.2) is 19.6 Å². The highest BCUT2D eigenvalue weighted by atomic mass is 32.2. The van der Waals surface area contributed by atoms with E-state index in [1.165, 1.54) is 0 Å². The summed E-state index contributed by atoms with van der Waals surface area (Å²) in [5.41, 5.74) is 0. The maximum atomic E-state index is 12.0. The normalized spacial score (nSPS) is 10.7. The van der Waals surface area contributed by atoms with Crippen molar-refractivity contribution in [3.05, 3.63) is 12.1 Å². The van der Waals surface area contributed by atoms with Crippen molar-refractivity contribution < 1.29 is 39.5 Å². The predicted octanol–water partition coefficient (Wildman–Crippen LogP) is 1.61. The molecule has 0 radical (unpaired) electrons. The molecule has 0 unspecified atom stereocenters. The van der Waals surface area contributed by atoms with Crippen molar-refractivity contribution in [1.82, 2.24) is 0 Å². The first kappa shape index (κ1) is 12.8. The molecule has 82 valence electrons. The topological polar surface area (TPSA) is 43.4 Å². The van der Waals surface area contributed by atoms with E-state index < -0.39 is 33.6 Å². The van der Waals surface area contributed by atoms with Crippen molar-refractivity contribution in [2.45, 2.75) is 6.11 Å². The number of halogens is 6. The lowest BCUT2D eigenvalue weighted by atomic mass is 10.7. The number of alkyl halides is 2. The van der Waals surface area contributed by atoms with E-state index in [1.54, 1.807) is 0 Å². The third kappa shape index (κ3) is 3.28. The molecule has 0 aromatic rings. The highest BCUT2D eigenvalue weighted by Gasteiger charge is 2.43. The molecule has 10 heteroatoms. The highest BCUT2D eigenvalue weighted by molar-refractivity contribution is 7.72. The first-order valence-corrected chi connectivity index (χ1v) is 3.65. The van der Waals surface area contributed by atoms with Crippen molar-refractivity contribution >= 4 is 15.4 Å². The Kier molecular flexibility index (Phi) is 3.98. The van der Waals surface area contributed by atoms with Crippen molar-refractivity contribution in [3.63, 3.8) is 0 Å². The summed E-state index contributed by atoms with van der Waals surface area (Å²) in [4.78, 5) is 0. The van der Waals surface area contributed by atoms with Crippen LogP contribution in [-0.2, 0) is 15.0 Å². The summed E-state index contributed by atoms with van der Waals surface area (Å²) < 4.78 is 91.7. The fraction of sp³-hybridized carbons (Fsp3) is 0.250. The van der Waals surface area contributed by atoms with E-state index in [9.17, 15) is 34.8 Å². The lowest BCUT2D eigenvalue weighted by molar-refractivity contribution is -0.177. The quantitative estimate of drug-likeness (QED) is 0.327. The molecular weight excluding hydrogens is 242 g/mol. The van der Waals surface area contributed by atoms with Crippen LogP contribution < -0.4 is 0 Å². The van der Waals surface area contributed by atoms with Crippen LogP contribution in [0.2, 0.25) is 0 Å². The third-order valence-electron chi connectivity index (χ3n) is 0.742. The molecule has 0 heterocycles. The Morgan fingerprint density at radius 1 is 1.07 bits per heavy atom. The van der Waals surface area contributed by atoms with E-state index in [0.29, 0.717) is 0 Å². The van der Waals surface area contributed by atoms with Gasteiger partial charge in [0.15, 0.2) is 0 Å². The molecule has 0 bridgehead atoms. The van der Waals surface area contributed by atoms with E-state index in [1.807, 2.05) is 0 Å². The molecule has 0 saturated heterocycles. The Bertz CT molecular complexity index is 370. The molecule has 0 aliphatic heterocycles. The van der Waals surface area contributed by atoms with Gasteiger partial charge in [0, 0.05) is 0 Å². The zero-order valence-corrected chi connectivity index (χ0v) is 6.72. The molecule has 0 aromatic heterocycles. The monoisotopic (exact) mass is 242 g/mol. The summed E-state index contributed by atoms with van der Waals surface area (Å²) in [6.45, 7) is 0. The average Bonchev–Trinajstić information content (AvgIpc) is 2.01. The summed E-state index contributed by atoms with van der Waals surface area (Å²) in [6.07, 6.45) is -8.56. The van der Waals surface area contributed by atoms with E-state index in [4.69, 9.17) is 0 Å². The SMILES string of the molecule is O=S(=O)=C(F)C(F)(F)OC(F)=C(F)F. The Labute approximate surface area is 74.1 Å². The van der Waals surface area contributed by atoms with Crippen LogP contribution in [0.3, 0.4) is 0 Å². The minimum absolute atomic E-state index is 2.45. The summed E-state index contributed by atoms with van der Waals surface area (Å²) >= 11 is 0. The van der Waals surface area contributed by atoms with Gasteiger partial charge in [0.2, 0.25) is 0 Å². The van der Waals surface area contributed by atoms with Crippen LogP contribution in [0.4, 0.5) is 26.3 Å². The van der Waals surface area contributed by atoms with Gasteiger partial charge in [-0.15, -0.1) is 0 Å². The predicted molar refractivity (Wildman–Crippen MR) is 31.4 cm³/mol. The van der Waals surface area contributed by atoms with Gasteiger partial charge in [0.1, 0.15) is 0 Å². The maximum absolute atomic E-state index is 12.0. The molecule has 3 nitrogen and oxygen atoms in total. The zero-order chi connectivity index (χ0) is 11.5. The average molecular weight is 242 g/mol. The number of ether oxygens (including phenoxy) is 1. The summed E-state index contributed by atoms with van der Waals surface area (Å²) in [7, 11) is -4.02. The molecule has 0 amide bonds. The fourth-order valence-electron chi connectivity index (χ4n) is 0.288. The molecule has 0 saturated carbocycles. The zero-order valence-electron chi connectivity index (χ0n) is 5.90. The van der Waals surface area contributed by atoms with E-state index in [0.717, 1.165) is 0 Å². The second kappa shape index (κ2) is 4.35. The molecular formula is C4F6O3S. The third-order valence-corrected chi connectivity index (χ3v) is 1.27.